The van der Waals surface area contributed by atoms with Crippen LogP contribution in [0.4, 0.5) is 0 Å². The monoisotopic (exact) mass is 503 g/mol. The average Bonchev–Trinajstić information content (AvgIpc) is 3.20. The van der Waals surface area contributed by atoms with Crippen molar-refractivity contribution in [3.63, 3.8) is 0 Å². The summed E-state index contributed by atoms with van der Waals surface area (Å²) in [7, 11) is 3.47. The Morgan fingerprint density at radius 1 is 1.24 bits per heavy atom. The average molecular weight is 504 g/mol. The van der Waals surface area contributed by atoms with Crippen LogP contribution in [0.3, 0.4) is 0 Å². The fourth-order valence-corrected chi connectivity index (χ4v) is 5.34. The van der Waals surface area contributed by atoms with Crippen LogP contribution >= 0.6 is 23.4 Å². The van der Waals surface area contributed by atoms with Gasteiger partial charge in [-0.3, -0.25) is 14.5 Å². The van der Waals surface area contributed by atoms with E-state index in [1.54, 1.807) is 19.0 Å². The lowest BCUT2D eigenvalue weighted by Crippen LogP contribution is -2.42. The molecule has 3 heterocycles. The largest absolute Gasteiger partial charge is 0.379 e. The standard InChI is InChI=1S/C24H30ClN5O3S/c1-16-21(23(32)28(2)3)22(17-4-6-18(25)7-5-17)30-19(15-34-24(30)27-16)14-20(31)26-8-9-29-10-12-33-13-11-29/h4-7,15,22H,8-14H2,1-3H3,(H,26,31). The normalized spacial score (nSPS) is 20.6. The van der Waals surface area contributed by atoms with Gasteiger partial charge in [0, 0.05) is 51.0 Å². The lowest BCUT2D eigenvalue weighted by atomic mass is 9.93. The van der Waals surface area contributed by atoms with Crippen molar-refractivity contribution in [2.24, 2.45) is 4.99 Å². The minimum Gasteiger partial charge on any atom is -0.379 e. The van der Waals surface area contributed by atoms with Gasteiger partial charge in [-0.15, -0.1) is 0 Å². The van der Waals surface area contributed by atoms with Gasteiger partial charge in [-0.1, -0.05) is 35.5 Å². The fraction of sp³-hybridized carbons (Fsp3) is 0.458. The molecule has 1 saturated heterocycles. The second-order valence-electron chi connectivity index (χ2n) is 8.62. The van der Waals surface area contributed by atoms with E-state index in [0.717, 1.165) is 49.3 Å². The Labute approximate surface area is 209 Å². The number of amides is 2. The van der Waals surface area contributed by atoms with Crippen molar-refractivity contribution in [1.82, 2.24) is 20.0 Å². The number of likely N-dealkylation sites (N-methyl/N-ethyl adjacent to an activating group) is 1. The number of carbonyl (C=O) groups is 2. The van der Waals surface area contributed by atoms with Gasteiger partial charge >= 0.3 is 0 Å². The molecule has 10 heteroatoms. The molecule has 3 aliphatic heterocycles. The van der Waals surface area contributed by atoms with Gasteiger partial charge in [0.2, 0.25) is 5.91 Å². The maximum Gasteiger partial charge on any atom is 0.253 e. The zero-order valence-electron chi connectivity index (χ0n) is 19.7. The minimum absolute atomic E-state index is 0.0528. The van der Waals surface area contributed by atoms with Crippen LogP contribution in [0.1, 0.15) is 24.9 Å². The van der Waals surface area contributed by atoms with Crippen LogP contribution in [0.5, 0.6) is 0 Å². The number of hydrogen-bond acceptors (Lipinski definition) is 7. The summed E-state index contributed by atoms with van der Waals surface area (Å²) in [6, 6.07) is 7.10. The zero-order valence-corrected chi connectivity index (χ0v) is 21.3. The molecule has 0 aromatic heterocycles. The molecule has 1 N–H and O–H groups in total. The van der Waals surface area contributed by atoms with E-state index in [2.05, 4.69) is 10.2 Å². The highest BCUT2D eigenvalue weighted by Crippen LogP contribution is 2.45. The first-order valence-corrected chi connectivity index (χ1v) is 12.6. The molecule has 1 aromatic rings. The second-order valence-corrected chi connectivity index (χ2v) is 9.90. The Balaban J connectivity index is 1.52. The first kappa shape index (κ1) is 24.8. The Kier molecular flexibility index (Phi) is 7.98. The molecule has 0 saturated carbocycles. The van der Waals surface area contributed by atoms with E-state index in [-0.39, 0.29) is 24.3 Å². The van der Waals surface area contributed by atoms with E-state index in [1.165, 1.54) is 11.8 Å². The van der Waals surface area contributed by atoms with Crippen LogP contribution in [0.25, 0.3) is 0 Å². The number of morpholine rings is 1. The third kappa shape index (κ3) is 5.49. The number of fused-ring (bicyclic) bond motifs is 1. The summed E-state index contributed by atoms with van der Waals surface area (Å²) in [5, 5.41) is 6.38. The third-order valence-corrected chi connectivity index (χ3v) is 7.16. The molecule has 2 amide bonds. The van der Waals surface area contributed by atoms with E-state index >= 15 is 0 Å². The molecule has 1 fully saturated rings. The lowest BCUT2D eigenvalue weighted by Gasteiger charge is -2.37. The maximum absolute atomic E-state index is 13.2. The van der Waals surface area contributed by atoms with Crippen LogP contribution in [-0.4, -0.2) is 85.2 Å². The molecule has 1 atom stereocenters. The van der Waals surface area contributed by atoms with Gasteiger partial charge in [-0.05, 0) is 30.0 Å². The van der Waals surface area contributed by atoms with E-state index in [0.29, 0.717) is 22.8 Å². The molecule has 0 aliphatic carbocycles. The summed E-state index contributed by atoms with van der Waals surface area (Å²) in [4.78, 5) is 36.6. The fourth-order valence-electron chi connectivity index (χ4n) is 4.25. The summed E-state index contributed by atoms with van der Waals surface area (Å²) >= 11 is 7.62. The zero-order chi connectivity index (χ0) is 24.2. The van der Waals surface area contributed by atoms with E-state index in [4.69, 9.17) is 21.3 Å². The van der Waals surface area contributed by atoms with Gasteiger partial charge in [-0.2, -0.15) is 0 Å². The van der Waals surface area contributed by atoms with Crippen molar-refractivity contribution in [3.8, 4) is 0 Å². The number of amidine groups is 1. The van der Waals surface area contributed by atoms with Gasteiger partial charge in [0.15, 0.2) is 5.17 Å². The van der Waals surface area contributed by atoms with E-state index in [1.807, 2.05) is 41.5 Å². The summed E-state index contributed by atoms with van der Waals surface area (Å²) in [6.07, 6.45) is 0.210. The molecular weight excluding hydrogens is 474 g/mol. The highest BCUT2D eigenvalue weighted by molar-refractivity contribution is 8.16. The van der Waals surface area contributed by atoms with Crippen LogP contribution in [0.15, 0.2) is 51.6 Å². The number of benzene rings is 1. The molecular formula is C24H30ClN5O3S. The van der Waals surface area contributed by atoms with Crippen molar-refractivity contribution in [1.29, 1.82) is 0 Å². The van der Waals surface area contributed by atoms with Crippen molar-refractivity contribution in [2.75, 3.05) is 53.5 Å². The SMILES string of the molecule is CC1=C(C(=O)N(C)C)C(c2ccc(Cl)cc2)N2C(CC(=O)NCCN3CCOCC3)=CSC2=N1. The van der Waals surface area contributed by atoms with Crippen LogP contribution < -0.4 is 5.32 Å². The summed E-state index contributed by atoms with van der Waals surface area (Å²) in [5.74, 6) is -0.158. The molecule has 182 valence electrons. The number of aliphatic imine (C=N–C) groups is 1. The Morgan fingerprint density at radius 2 is 1.94 bits per heavy atom. The number of rotatable bonds is 7. The van der Waals surface area contributed by atoms with Gasteiger partial charge in [0.1, 0.15) is 0 Å². The lowest BCUT2D eigenvalue weighted by molar-refractivity contribution is -0.125. The number of carbonyl (C=O) groups excluding carboxylic acids is 2. The topological polar surface area (TPSA) is 77.5 Å². The smallest absolute Gasteiger partial charge is 0.253 e. The molecule has 34 heavy (non-hydrogen) atoms. The first-order valence-electron chi connectivity index (χ1n) is 11.3. The van der Waals surface area contributed by atoms with Gasteiger partial charge in [0.25, 0.3) is 5.91 Å². The minimum atomic E-state index is -0.387. The number of thioether (sulfide) groups is 1. The van der Waals surface area contributed by atoms with Gasteiger partial charge in [-0.25, -0.2) is 4.99 Å². The molecule has 3 aliphatic rings. The molecule has 0 spiro atoms. The maximum atomic E-state index is 13.2. The van der Waals surface area contributed by atoms with Crippen molar-refractivity contribution >= 4 is 40.3 Å². The van der Waals surface area contributed by atoms with E-state index in [9.17, 15) is 9.59 Å². The molecule has 1 unspecified atom stereocenters. The Hall–Kier alpha value is -2.33. The van der Waals surface area contributed by atoms with E-state index < -0.39 is 0 Å². The quantitative estimate of drug-likeness (QED) is 0.616. The predicted octanol–water partition coefficient (Wildman–Crippen LogP) is 2.84. The van der Waals surface area contributed by atoms with Crippen LogP contribution in [0.2, 0.25) is 5.02 Å². The number of nitrogens with one attached hydrogen (secondary N) is 1. The number of ether oxygens (including phenoxy) is 1. The Morgan fingerprint density at radius 3 is 2.62 bits per heavy atom. The van der Waals surface area contributed by atoms with Gasteiger partial charge in [0.05, 0.1) is 36.9 Å². The molecule has 0 bridgehead atoms. The van der Waals surface area contributed by atoms with Crippen LogP contribution in [-0.2, 0) is 14.3 Å². The molecule has 0 radical (unpaired) electrons. The van der Waals surface area contributed by atoms with Crippen molar-refractivity contribution < 1.29 is 14.3 Å². The summed E-state index contributed by atoms with van der Waals surface area (Å²) in [5.41, 5.74) is 3.02. The highest BCUT2D eigenvalue weighted by atomic mass is 35.5. The first-order chi connectivity index (χ1) is 16.3. The van der Waals surface area contributed by atoms with Crippen LogP contribution in [0, 0.1) is 0 Å². The van der Waals surface area contributed by atoms with Gasteiger partial charge < -0.3 is 19.9 Å². The van der Waals surface area contributed by atoms with Crippen molar-refractivity contribution in [3.05, 3.63) is 57.2 Å². The molecule has 4 rings (SSSR count). The summed E-state index contributed by atoms with van der Waals surface area (Å²) in [6.45, 7) is 6.51. The highest BCUT2D eigenvalue weighted by Gasteiger charge is 2.40. The van der Waals surface area contributed by atoms with Crippen molar-refractivity contribution in [2.45, 2.75) is 19.4 Å². The predicted molar refractivity (Wildman–Crippen MR) is 135 cm³/mol. The number of nitrogens with zero attached hydrogens (tertiary/aromatic N) is 4. The second kappa shape index (κ2) is 10.9. The third-order valence-electron chi connectivity index (χ3n) is 6.02. The number of hydrogen-bond donors (Lipinski definition) is 1. The summed E-state index contributed by atoms with van der Waals surface area (Å²) < 4.78 is 5.37. The Bertz CT molecular complexity index is 1030. The molecule has 8 nitrogen and oxygen atoms in total. The number of allylic oxidation sites excluding steroid dienone is 1. The number of halogens is 1. The molecule has 1 aromatic carbocycles.